The lowest BCUT2D eigenvalue weighted by atomic mass is 9.69. The van der Waals surface area contributed by atoms with Crippen LogP contribution in [0.1, 0.15) is 59.4 Å². The molecule has 0 aliphatic rings. The zero-order chi connectivity index (χ0) is 15.9. The van der Waals surface area contributed by atoms with E-state index in [4.69, 9.17) is 4.74 Å². The number of rotatable bonds is 8. The van der Waals surface area contributed by atoms with Crippen molar-refractivity contribution in [2.75, 3.05) is 0 Å². The van der Waals surface area contributed by atoms with Crippen molar-refractivity contribution in [3.05, 3.63) is 35.9 Å². The predicted octanol–water partition coefficient (Wildman–Crippen LogP) is 5.22. The number of esters is 1. The van der Waals surface area contributed by atoms with E-state index < -0.39 is 0 Å². The molecule has 0 saturated carbocycles. The van der Waals surface area contributed by atoms with E-state index in [-0.39, 0.29) is 17.3 Å². The molecule has 0 aromatic heterocycles. The molecular formula is C19H30O2. The average molecular weight is 290 g/mol. The molecule has 21 heavy (non-hydrogen) atoms. The van der Waals surface area contributed by atoms with E-state index in [1.807, 2.05) is 30.3 Å². The summed E-state index contributed by atoms with van der Waals surface area (Å²) < 4.78 is 5.61. The molecular weight excluding hydrogens is 260 g/mol. The third kappa shape index (κ3) is 5.18. The lowest BCUT2D eigenvalue weighted by Gasteiger charge is -2.36. The maximum atomic E-state index is 12.6. The van der Waals surface area contributed by atoms with Gasteiger partial charge >= 0.3 is 5.97 Å². The van der Waals surface area contributed by atoms with Gasteiger partial charge in [-0.1, -0.05) is 77.8 Å². The number of ether oxygens (including phenoxy) is 1. The monoisotopic (exact) mass is 290 g/mol. The van der Waals surface area contributed by atoms with Gasteiger partial charge in [0, 0.05) is 0 Å². The van der Waals surface area contributed by atoms with Gasteiger partial charge in [0.1, 0.15) is 6.61 Å². The summed E-state index contributed by atoms with van der Waals surface area (Å²) >= 11 is 0. The average Bonchev–Trinajstić information content (AvgIpc) is 2.45. The highest BCUT2D eigenvalue weighted by Crippen LogP contribution is 2.39. The topological polar surface area (TPSA) is 26.3 Å². The molecule has 1 aromatic carbocycles. The molecule has 2 heteroatoms. The number of hydrogen-bond acceptors (Lipinski definition) is 2. The van der Waals surface area contributed by atoms with Gasteiger partial charge in [-0.15, -0.1) is 0 Å². The SMILES string of the molecule is CCCC(C)(C)C(C(=O)OCc1ccccc1)C(C)CC. The molecule has 118 valence electrons. The van der Waals surface area contributed by atoms with Crippen LogP contribution in [0.25, 0.3) is 0 Å². The second-order valence-corrected chi connectivity index (χ2v) is 6.70. The molecule has 0 fully saturated rings. The number of hydrogen-bond donors (Lipinski definition) is 0. The summed E-state index contributed by atoms with van der Waals surface area (Å²) in [7, 11) is 0. The van der Waals surface area contributed by atoms with Crippen LogP contribution in [-0.2, 0) is 16.1 Å². The summed E-state index contributed by atoms with van der Waals surface area (Å²) in [4.78, 5) is 12.6. The van der Waals surface area contributed by atoms with Crippen molar-refractivity contribution in [3.63, 3.8) is 0 Å². The van der Waals surface area contributed by atoms with Crippen LogP contribution in [-0.4, -0.2) is 5.97 Å². The largest absolute Gasteiger partial charge is 0.461 e. The van der Waals surface area contributed by atoms with Crippen molar-refractivity contribution < 1.29 is 9.53 Å². The molecule has 0 heterocycles. The smallest absolute Gasteiger partial charge is 0.310 e. The van der Waals surface area contributed by atoms with Gasteiger partial charge in [0.15, 0.2) is 0 Å². The van der Waals surface area contributed by atoms with E-state index >= 15 is 0 Å². The van der Waals surface area contributed by atoms with E-state index in [2.05, 4.69) is 34.6 Å². The number of carbonyl (C=O) groups excluding carboxylic acids is 1. The molecule has 2 atom stereocenters. The van der Waals surface area contributed by atoms with Crippen molar-refractivity contribution in [1.29, 1.82) is 0 Å². The number of benzene rings is 1. The fraction of sp³-hybridized carbons (Fsp3) is 0.632. The van der Waals surface area contributed by atoms with E-state index in [0.29, 0.717) is 12.5 Å². The molecule has 0 aliphatic heterocycles. The summed E-state index contributed by atoms with van der Waals surface area (Å²) in [5.41, 5.74) is 1.03. The number of carbonyl (C=O) groups is 1. The minimum atomic E-state index is -0.0494. The van der Waals surface area contributed by atoms with Crippen molar-refractivity contribution >= 4 is 5.97 Å². The Hall–Kier alpha value is -1.31. The molecule has 0 spiro atoms. The van der Waals surface area contributed by atoms with Gasteiger partial charge in [-0.25, -0.2) is 0 Å². The maximum absolute atomic E-state index is 12.6. The molecule has 0 radical (unpaired) electrons. The van der Waals surface area contributed by atoms with Gasteiger partial charge in [0.2, 0.25) is 0 Å². The zero-order valence-electron chi connectivity index (χ0n) is 14.2. The van der Waals surface area contributed by atoms with E-state index in [1.165, 1.54) is 0 Å². The van der Waals surface area contributed by atoms with Gasteiger partial charge in [-0.2, -0.15) is 0 Å². The maximum Gasteiger partial charge on any atom is 0.310 e. The summed E-state index contributed by atoms with van der Waals surface area (Å²) in [6, 6.07) is 9.88. The van der Waals surface area contributed by atoms with Crippen LogP contribution in [0.15, 0.2) is 30.3 Å². The normalized spacial score (nSPS) is 14.5. The highest BCUT2D eigenvalue weighted by molar-refractivity contribution is 5.73. The molecule has 0 bridgehead atoms. The zero-order valence-corrected chi connectivity index (χ0v) is 14.2. The Labute approximate surface area is 129 Å². The molecule has 0 aliphatic carbocycles. The van der Waals surface area contributed by atoms with Gasteiger partial charge in [-0.3, -0.25) is 4.79 Å². The molecule has 2 unspecified atom stereocenters. The van der Waals surface area contributed by atoms with Crippen LogP contribution in [0.3, 0.4) is 0 Å². The van der Waals surface area contributed by atoms with Crippen LogP contribution < -0.4 is 0 Å². The van der Waals surface area contributed by atoms with Gasteiger partial charge in [0.05, 0.1) is 5.92 Å². The first-order valence-electron chi connectivity index (χ1n) is 8.13. The lowest BCUT2D eigenvalue weighted by Crippen LogP contribution is -2.37. The Morgan fingerprint density at radius 2 is 1.81 bits per heavy atom. The van der Waals surface area contributed by atoms with Crippen LogP contribution in [0.5, 0.6) is 0 Å². The van der Waals surface area contributed by atoms with Crippen molar-refractivity contribution in [2.45, 2.75) is 60.5 Å². The second kappa shape index (κ2) is 8.21. The molecule has 0 amide bonds. The Morgan fingerprint density at radius 1 is 1.19 bits per heavy atom. The first-order valence-corrected chi connectivity index (χ1v) is 8.13. The molecule has 2 nitrogen and oxygen atoms in total. The molecule has 1 aromatic rings. The van der Waals surface area contributed by atoms with Gasteiger partial charge < -0.3 is 4.74 Å². The minimum Gasteiger partial charge on any atom is -0.461 e. The van der Waals surface area contributed by atoms with E-state index in [9.17, 15) is 4.79 Å². The third-order valence-corrected chi connectivity index (χ3v) is 4.43. The highest BCUT2D eigenvalue weighted by atomic mass is 16.5. The Balaban J connectivity index is 2.76. The molecule has 0 N–H and O–H groups in total. The lowest BCUT2D eigenvalue weighted by molar-refractivity contribution is -0.157. The third-order valence-electron chi connectivity index (χ3n) is 4.43. The van der Waals surface area contributed by atoms with Crippen LogP contribution in [0, 0.1) is 17.3 Å². The molecule has 0 saturated heterocycles. The van der Waals surface area contributed by atoms with Crippen LogP contribution in [0.4, 0.5) is 0 Å². The van der Waals surface area contributed by atoms with Crippen molar-refractivity contribution in [3.8, 4) is 0 Å². The Bertz CT molecular complexity index is 422. The second-order valence-electron chi connectivity index (χ2n) is 6.70. The van der Waals surface area contributed by atoms with Gasteiger partial charge in [-0.05, 0) is 23.3 Å². The fourth-order valence-corrected chi connectivity index (χ4v) is 3.18. The highest BCUT2D eigenvalue weighted by Gasteiger charge is 2.38. The quantitative estimate of drug-likeness (QED) is 0.614. The van der Waals surface area contributed by atoms with Crippen molar-refractivity contribution in [2.24, 2.45) is 17.3 Å². The minimum absolute atomic E-state index is 0.0159. The van der Waals surface area contributed by atoms with Crippen LogP contribution in [0.2, 0.25) is 0 Å². The summed E-state index contributed by atoms with van der Waals surface area (Å²) in [5, 5.41) is 0. The fourth-order valence-electron chi connectivity index (χ4n) is 3.18. The van der Waals surface area contributed by atoms with Gasteiger partial charge in [0.25, 0.3) is 0 Å². The van der Waals surface area contributed by atoms with E-state index in [0.717, 1.165) is 24.8 Å². The first-order chi connectivity index (χ1) is 9.92. The standard InChI is InChI=1S/C19H30O2/c1-6-13-19(4,5)17(15(3)7-2)18(20)21-14-16-11-9-8-10-12-16/h8-12,15,17H,6-7,13-14H2,1-5H3. The predicted molar refractivity (Wildman–Crippen MR) is 87.9 cm³/mol. The first kappa shape index (κ1) is 17.7. The van der Waals surface area contributed by atoms with Crippen molar-refractivity contribution in [1.82, 2.24) is 0 Å². The summed E-state index contributed by atoms with van der Waals surface area (Å²) in [5.74, 6) is 0.257. The molecule has 1 rings (SSSR count). The van der Waals surface area contributed by atoms with E-state index in [1.54, 1.807) is 0 Å². The van der Waals surface area contributed by atoms with Crippen LogP contribution >= 0.6 is 0 Å². The summed E-state index contributed by atoms with van der Waals surface area (Å²) in [6.45, 7) is 11.2. The summed E-state index contributed by atoms with van der Waals surface area (Å²) in [6.07, 6.45) is 3.13. The Kier molecular flexibility index (Phi) is 6.94. The Morgan fingerprint density at radius 3 is 2.33 bits per heavy atom.